The molecule has 0 saturated carbocycles. The van der Waals surface area contributed by atoms with Gasteiger partial charge in [-0.3, -0.25) is 43.5 Å². The van der Waals surface area contributed by atoms with Gasteiger partial charge in [0.05, 0.1) is 24.7 Å². The molecule has 18 nitrogen and oxygen atoms in total. The second kappa shape index (κ2) is 42.5. The smallest absolute Gasteiger partial charge is 0.224 e. The number of amides is 4. The van der Waals surface area contributed by atoms with Crippen molar-refractivity contribution in [2.75, 3.05) is 19.7 Å². The number of aliphatic hydroxyl groups excluding tert-OH is 1. The van der Waals surface area contributed by atoms with Gasteiger partial charge in [-0.2, -0.15) is 0 Å². The molecule has 450 valence electrons. The van der Waals surface area contributed by atoms with Crippen molar-refractivity contribution in [1.82, 2.24) is 21.3 Å². The Hall–Kier alpha value is -5.39. The quantitative estimate of drug-likeness (QED) is 0.0173. The number of unbranched alkanes of at least 4 members (excludes halogenated alkanes) is 12. The zero-order chi connectivity index (χ0) is 59.1. The van der Waals surface area contributed by atoms with E-state index < -0.39 is 65.4 Å². The number of carbonyl (C=O) groups excluding carboxylic acids is 7. The number of hydrogen-bond donors (Lipinski definition) is 9. The molecule has 0 spiro atoms. The first-order chi connectivity index (χ1) is 37.7. The Bertz CT molecular complexity index is 1980. The summed E-state index contributed by atoms with van der Waals surface area (Å²) in [5.74, 6) is -6.19. The maximum Gasteiger partial charge on any atom is 0.224 e. The fourth-order valence-corrected chi connectivity index (χ4v) is 9.84. The Morgan fingerprint density at radius 1 is 0.519 bits per heavy atom. The third-order valence-corrected chi connectivity index (χ3v) is 15.1. The lowest BCUT2D eigenvalue weighted by molar-refractivity contribution is -0.136. The average molecular weight is 1110 g/mol. The van der Waals surface area contributed by atoms with Gasteiger partial charge in [-0.05, 0) is 75.2 Å². The minimum atomic E-state index is -1.03. The highest BCUT2D eigenvalue weighted by molar-refractivity contribution is 5.97. The molecule has 0 saturated heterocycles. The van der Waals surface area contributed by atoms with Crippen LogP contribution in [0.4, 0.5) is 0 Å². The molecule has 0 radical (unpaired) electrons. The number of carbonyl (C=O) groups is 7. The number of ketones is 3. The second-order valence-electron chi connectivity index (χ2n) is 22.8. The van der Waals surface area contributed by atoms with E-state index in [1.54, 1.807) is 6.92 Å². The van der Waals surface area contributed by atoms with Crippen molar-refractivity contribution in [1.29, 1.82) is 0 Å². The molecule has 1 aromatic rings. The van der Waals surface area contributed by atoms with Gasteiger partial charge < -0.3 is 49.3 Å². The number of Topliss-reactive ketones (excluding diaryl/α,β-unsaturated/α-hetero) is 3. The molecule has 79 heavy (non-hydrogen) atoms. The topological polar surface area (TPSA) is 317 Å². The molecule has 4 amide bonds. The molecular formula is C61H108N10O8. The SMILES string of the molecule is CCCCCCCCCCCCCCCC(=O)N[C@@H](CC(C)C)C(=O)C[C@@H](Cc1ccccc1)C(=O)N[C@H](C(=O)C[C@@H](CCCN=C(N)N)C(=O)N[C@H](C(=O)C[C@@H](CCCN=C(N)N)C(=O)N[C@H](C)CO)[C@H](C)CC)[C@H](C)CC. The normalized spacial score (nSPS) is 14.8. The van der Waals surface area contributed by atoms with Crippen molar-refractivity contribution < 1.29 is 38.7 Å². The summed E-state index contributed by atoms with van der Waals surface area (Å²) >= 11 is 0. The maximum absolute atomic E-state index is 14.7. The molecule has 0 unspecified atom stereocenters. The van der Waals surface area contributed by atoms with E-state index in [0.29, 0.717) is 38.5 Å². The van der Waals surface area contributed by atoms with Crippen LogP contribution in [-0.2, 0) is 40.0 Å². The highest BCUT2D eigenvalue weighted by atomic mass is 16.3. The van der Waals surface area contributed by atoms with E-state index in [0.717, 1.165) is 31.2 Å². The first-order valence-corrected chi connectivity index (χ1v) is 30.2. The molecule has 0 aliphatic heterocycles. The largest absolute Gasteiger partial charge is 0.394 e. The lowest BCUT2D eigenvalue weighted by Crippen LogP contribution is -2.51. The van der Waals surface area contributed by atoms with E-state index in [1.807, 2.05) is 71.9 Å². The molecule has 1 aromatic carbocycles. The van der Waals surface area contributed by atoms with Crippen LogP contribution in [0, 0.1) is 35.5 Å². The predicted octanol–water partition coefficient (Wildman–Crippen LogP) is 7.63. The van der Waals surface area contributed by atoms with E-state index in [1.165, 1.54) is 57.8 Å². The minimum absolute atomic E-state index is 0.0835. The molecule has 18 heteroatoms. The van der Waals surface area contributed by atoms with Crippen LogP contribution in [0.5, 0.6) is 0 Å². The van der Waals surface area contributed by atoms with E-state index in [9.17, 15) is 38.7 Å². The first kappa shape index (κ1) is 71.6. The lowest BCUT2D eigenvalue weighted by atomic mass is 9.85. The van der Waals surface area contributed by atoms with Crippen LogP contribution in [-0.4, -0.2) is 102 Å². The molecule has 9 atom stereocenters. The lowest BCUT2D eigenvalue weighted by Gasteiger charge is -2.29. The molecule has 1 rings (SSSR count). The second-order valence-corrected chi connectivity index (χ2v) is 22.8. The number of benzene rings is 1. The van der Waals surface area contributed by atoms with Crippen LogP contribution in [0.25, 0.3) is 0 Å². The van der Waals surface area contributed by atoms with E-state index in [2.05, 4.69) is 38.2 Å². The van der Waals surface area contributed by atoms with Gasteiger partial charge in [0.25, 0.3) is 0 Å². The summed E-state index contributed by atoms with van der Waals surface area (Å²) in [6, 6.07) is 5.97. The molecule has 0 bridgehead atoms. The number of nitrogens with two attached hydrogens (primary N) is 4. The van der Waals surface area contributed by atoms with Crippen LogP contribution in [0.1, 0.15) is 215 Å². The van der Waals surface area contributed by atoms with Gasteiger partial charge in [-0.1, -0.05) is 169 Å². The summed E-state index contributed by atoms with van der Waals surface area (Å²) in [5.41, 5.74) is 23.1. The molecule has 0 aliphatic rings. The van der Waals surface area contributed by atoms with Gasteiger partial charge >= 0.3 is 0 Å². The molecule has 13 N–H and O–H groups in total. The van der Waals surface area contributed by atoms with Crippen LogP contribution in [0.2, 0.25) is 0 Å². The van der Waals surface area contributed by atoms with Gasteiger partial charge in [0.1, 0.15) is 0 Å². The van der Waals surface area contributed by atoms with Crippen molar-refractivity contribution in [3.63, 3.8) is 0 Å². The summed E-state index contributed by atoms with van der Waals surface area (Å²) in [6.07, 6.45) is 18.0. The highest BCUT2D eigenvalue weighted by Crippen LogP contribution is 2.24. The van der Waals surface area contributed by atoms with Crippen LogP contribution in [0.3, 0.4) is 0 Å². The van der Waals surface area contributed by atoms with E-state index in [-0.39, 0.29) is 105 Å². The Kier molecular flexibility index (Phi) is 38.5. The fraction of sp³-hybridized carbons (Fsp3) is 0.754. The van der Waals surface area contributed by atoms with Crippen molar-refractivity contribution >= 4 is 52.9 Å². The van der Waals surface area contributed by atoms with Crippen molar-refractivity contribution in [2.24, 2.45) is 68.4 Å². The molecule has 0 fully saturated rings. The summed E-state index contributed by atoms with van der Waals surface area (Å²) in [4.78, 5) is 107. The van der Waals surface area contributed by atoms with E-state index >= 15 is 0 Å². The highest BCUT2D eigenvalue weighted by Gasteiger charge is 2.37. The summed E-state index contributed by atoms with van der Waals surface area (Å²) in [5, 5.41) is 21.4. The van der Waals surface area contributed by atoms with Crippen molar-refractivity contribution in [3.8, 4) is 0 Å². The third kappa shape index (κ3) is 32.5. The maximum atomic E-state index is 14.7. The number of aliphatic imine (C=N–C) groups is 2. The standard InChI is InChI=1S/C61H108N10O8/c1-9-12-13-14-15-16-17-18-19-20-21-22-26-33-54(76)69-50(36-42(4)5)51(73)40-49(37-46-29-24-23-25-30-46)59(79)71-56(44(7)11-3)53(75)39-48(32-28-35-67-61(64)65)58(78)70-55(43(6)10-2)52(74)38-47(31-27-34-66-60(62)63)57(77)68-45(8)41-72/h23-25,29-30,42-45,47-50,55-56,72H,9-22,26-28,31-41H2,1-8H3,(H,68,77)(H,69,76)(H,70,78)(H,71,79)(H4,62,63,66)(H4,64,65,67)/t43-,44-,45-,47-,48-,49-,50+,55+,56+/m1/s1. The number of rotatable bonds is 47. The predicted molar refractivity (Wildman–Crippen MR) is 318 cm³/mol. The van der Waals surface area contributed by atoms with E-state index in [4.69, 9.17) is 22.9 Å². The Morgan fingerprint density at radius 2 is 0.937 bits per heavy atom. The Balaban J connectivity index is 3.37. The van der Waals surface area contributed by atoms with Crippen molar-refractivity contribution in [2.45, 2.75) is 240 Å². The molecule has 0 aliphatic carbocycles. The van der Waals surface area contributed by atoms with Crippen molar-refractivity contribution in [3.05, 3.63) is 35.9 Å². The average Bonchev–Trinajstić information content (AvgIpc) is 3.41. The monoisotopic (exact) mass is 1110 g/mol. The number of aliphatic hydroxyl groups is 1. The summed E-state index contributed by atoms with van der Waals surface area (Å²) in [7, 11) is 0. The molecular weight excluding hydrogens is 1000 g/mol. The number of nitrogens with zero attached hydrogens (tertiary/aromatic N) is 2. The third-order valence-electron chi connectivity index (χ3n) is 15.1. The van der Waals surface area contributed by atoms with Crippen LogP contribution >= 0.6 is 0 Å². The number of nitrogens with one attached hydrogen (secondary N) is 4. The van der Waals surface area contributed by atoms with Crippen LogP contribution < -0.4 is 44.2 Å². The van der Waals surface area contributed by atoms with Gasteiger partial charge in [0.15, 0.2) is 29.3 Å². The van der Waals surface area contributed by atoms with Gasteiger partial charge in [-0.25, -0.2) is 0 Å². The molecule has 0 heterocycles. The van der Waals surface area contributed by atoms with Gasteiger partial charge in [0.2, 0.25) is 23.6 Å². The van der Waals surface area contributed by atoms with Gasteiger partial charge in [-0.15, -0.1) is 0 Å². The zero-order valence-electron chi connectivity index (χ0n) is 50.0. The summed E-state index contributed by atoms with van der Waals surface area (Å²) in [6.45, 7) is 15.4. The Labute approximate surface area is 475 Å². The summed E-state index contributed by atoms with van der Waals surface area (Å²) < 4.78 is 0. The Morgan fingerprint density at radius 3 is 1.35 bits per heavy atom. The number of guanidine groups is 2. The fourth-order valence-electron chi connectivity index (χ4n) is 9.84. The molecule has 0 aromatic heterocycles. The van der Waals surface area contributed by atoms with Crippen LogP contribution in [0.15, 0.2) is 40.3 Å². The minimum Gasteiger partial charge on any atom is -0.394 e. The number of hydrogen-bond acceptors (Lipinski definition) is 10. The van der Waals surface area contributed by atoms with Gasteiger partial charge in [0, 0.05) is 62.6 Å². The zero-order valence-corrected chi connectivity index (χ0v) is 50.0. The first-order valence-electron chi connectivity index (χ1n) is 30.2.